The quantitative estimate of drug-likeness (QED) is 0.00991. The summed E-state index contributed by atoms with van der Waals surface area (Å²) in [5, 5.41) is 55.5. The summed E-state index contributed by atoms with van der Waals surface area (Å²) in [5.41, 5.74) is -9.54. The molecule has 0 heterocycles. The molecule has 72 heteroatoms. The number of hydrogen-bond acceptors (Lipinski definition) is 18. The number of carbonyl (C=O) groups is 2. The number of nitro benzene ring substituents is 3. The Morgan fingerprint density at radius 1 is 0.279 bits per heavy atom. The Bertz CT molecular complexity index is 4950. The number of allylic oxidation sites excluding steroid dienone is 1. The molecule has 0 aromatic heterocycles. The van der Waals surface area contributed by atoms with E-state index in [0.29, 0.717) is 18.2 Å². The molecular weight excluding hydrogens is 2110 g/mol. The monoisotopic (exact) mass is 2160 g/mol. The van der Waals surface area contributed by atoms with Gasteiger partial charge in [-0.3, -0.25) is 30.3 Å². The van der Waals surface area contributed by atoms with Crippen molar-refractivity contribution in [2.75, 3.05) is 72.7 Å². The minimum Gasteiger partial charge on any atom is -0.490 e. The Labute approximate surface area is 739 Å². The SMILES string of the molecule is N#CC(C#N)=C1c2cc(C(=O)OCCOCCOCCOCCOC(=O)c3cc(OCCCCC(F)(F)C(F)(F)C(F)(F)C(F)(F)C(F)(F)C(F)(F)C(F)(F)C(F)(F)F)c(OCCCCC(F)(F)C(F)(F)C(F)(F)C(F)(F)C(F)(F)C(F)(F)C(F)(F)C(F)(F)F)c(OCCCCC(F)(F)C(F)(F)C(F)(F)C(F)(F)C(F)(F)C(F)(F)C(F)(F)C(F)(F)F)c3)cc([N+](=O)[O-])c2-c2c1cc([N+](=O)[O-])cc2[N+](=O)[O-]. The van der Waals surface area contributed by atoms with Crippen molar-refractivity contribution in [2.45, 2.75) is 201 Å². The lowest BCUT2D eigenvalue weighted by Crippen LogP contribution is -2.74. The highest BCUT2D eigenvalue weighted by molar-refractivity contribution is 6.11. The summed E-state index contributed by atoms with van der Waals surface area (Å²) in [6.07, 6.45) is -47.0. The molecule has 0 aliphatic heterocycles. The van der Waals surface area contributed by atoms with E-state index < -0.39 is 379 Å². The minimum atomic E-state index is -9.20. The molecule has 1 aliphatic rings. The van der Waals surface area contributed by atoms with Crippen LogP contribution in [0.25, 0.3) is 16.7 Å². The Kier molecular flexibility index (Phi) is 35.2. The molecule has 0 amide bonds. The Morgan fingerprint density at radius 3 is 0.771 bits per heavy atom. The van der Waals surface area contributed by atoms with Crippen LogP contribution in [-0.2, 0) is 23.7 Å². The lowest BCUT2D eigenvalue weighted by atomic mass is 9.88. The van der Waals surface area contributed by atoms with Crippen molar-refractivity contribution < 1.29 is 286 Å². The predicted octanol–water partition coefficient (Wildman–Crippen LogP) is 24.0. The fourth-order valence-electron chi connectivity index (χ4n) is 11.3. The molecule has 21 nitrogen and oxygen atoms in total. The highest BCUT2D eigenvalue weighted by Gasteiger charge is 2.99. The van der Waals surface area contributed by atoms with Gasteiger partial charge in [-0.25, -0.2) is 9.59 Å². The molecule has 0 saturated heterocycles. The summed E-state index contributed by atoms with van der Waals surface area (Å²) in [6.45, 7) is -11.5. The smallest absolute Gasteiger partial charge is 0.460 e. The summed E-state index contributed by atoms with van der Waals surface area (Å²) in [7, 11) is 0. The van der Waals surface area contributed by atoms with Crippen molar-refractivity contribution in [2.24, 2.45) is 0 Å². The van der Waals surface area contributed by atoms with Crippen molar-refractivity contribution in [1.82, 2.24) is 0 Å². The number of halogens is 51. The summed E-state index contributed by atoms with van der Waals surface area (Å²) in [5.74, 6) is -191. The minimum absolute atomic E-state index is 0.0595. The zero-order valence-corrected chi connectivity index (χ0v) is 66.7. The van der Waals surface area contributed by atoms with Gasteiger partial charge in [0.25, 0.3) is 17.1 Å². The molecule has 0 saturated carbocycles. The molecule has 796 valence electrons. The second-order valence-corrected chi connectivity index (χ2v) is 28.3. The maximum absolute atomic E-state index is 14.9. The third kappa shape index (κ3) is 21.2. The second kappa shape index (κ2) is 40.6. The summed E-state index contributed by atoms with van der Waals surface area (Å²) in [6, 6.07) is 5.01. The number of esters is 2. The highest BCUT2D eigenvalue weighted by atomic mass is 19.5. The van der Waals surface area contributed by atoms with Crippen LogP contribution in [0.5, 0.6) is 17.2 Å². The molecule has 140 heavy (non-hydrogen) atoms. The van der Waals surface area contributed by atoms with E-state index in [1.54, 1.807) is 0 Å². The second-order valence-electron chi connectivity index (χ2n) is 28.3. The van der Waals surface area contributed by atoms with E-state index in [1.807, 2.05) is 0 Å². The fraction of sp³-hybridized carbons (Fsp3) is 0.647. The highest BCUT2D eigenvalue weighted by Crippen LogP contribution is 2.70. The number of nitrogens with zero attached hydrogens (tertiary/aromatic N) is 5. The number of benzene rings is 3. The van der Waals surface area contributed by atoms with Gasteiger partial charge in [-0.05, 0) is 56.7 Å². The molecule has 0 atom stereocenters. The van der Waals surface area contributed by atoms with Crippen LogP contribution in [0, 0.1) is 53.0 Å². The van der Waals surface area contributed by atoms with Gasteiger partial charge in [-0.15, -0.1) is 0 Å². The first-order valence-electron chi connectivity index (χ1n) is 36.2. The van der Waals surface area contributed by atoms with Crippen LogP contribution < -0.4 is 14.2 Å². The third-order valence-corrected chi connectivity index (χ3v) is 19.0. The molecule has 1 aliphatic carbocycles. The first-order chi connectivity index (χ1) is 62.6. The number of carbonyl (C=O) groups excluding carboxylic acids is 2. The maximum atomic E-state index is 14.9. The average Bonchev–Trinajstić information content (AvgIpc) is 0.847. The van der Waals surface area contributed by atoms with Crippen LogP contribution in [0.3, 0.4) is 0 Å². The Morgan fingerprint density at radius 2 is 0.514 bits per heavy atom. The topological polar surface area (TPSA) is 285 Å². The molecular formula is C68H46F51N5O16. The van der Waals surface area contributed by atoms with Gasteiger partial charge in [0.1, 0.15) is 30.9 Å². The first-order valence-corrected chi connectivity index (χ1v) is 36.2. The lowest BCUT2D eigenvalue weighted by molar-refractivity contribution is -0.461. The van der Waals surface area contributed by atoms with E-state index in [9.17, 15) is 274 Å². The standard InChI is InChI=1S/C68H46F51N5O16/c69-45(70,48(75,76)51(81,82)54(87,88)57(93,94)60(99,100)63(105,106)66(111,112)113)7-1-4-10-136-37-23-30(44(126)140-20-18-135-16-14-133-13-15-134-17-19-139-43(125)29-21-33-39(31(27-120)28-121)34-25-32(122(127)128)26-36(124(131)132)41(34)40(33)35(22-29)123(129)130)24-38(137-11-5-2-8-46(71,72)49(77,78)52(83,84)55(89,90)58(95,96)61(101,102)64(107,108)67(114,115)116)42(37)138-12-6-3-9-47(73,74)50(79,80)53(85,86)56(91,92)59(97,98)62(103,104)65(109,110)68(117,118)119/h21-26H,1-20H2. The van der Waals surface area contributed by atoms with Gasteiger partial charge in [0.15, 0.2) is 11.5 Å². The summed E-state index contributed by atoms with van der Waals surface area (Å²) >= 11 is 0. The number of fused-ring (bicyclic) bond motifs is 3. The zero-order valence-electron chi connectivity index (χ0n) is 66.7. The number of unbranched alkanes of at least 4 members (excludes halogenated alkanes) is 3. The van der Waals surface area contributed by atoms with Gasteiger partial charge in [-0.2, -0.15) is 234 Å². The van der Waals surface area contributed by atoms with Crippen molar-refractivity contribution in [3.05, 3.63) is 94.6 Å². The fourth-order valence-corrected chi connectivity index (χ4v) is 11.3. The molecule has 0 bridgehead atoms. The third-order valence-electron chi connectivity index (χ3n) is 19.0. The lowest BCUT2D eigenvalue weighted by Gasteiger charge is -2.42. The van der Waals surface area contributed by atoms with Crippen LogP contribution in [0.2, 0.25) is 0 Å². The van der Waals surface area contributed by atoms with E-state index >= 15 is 0 Å². The maximum Gasteiger partial charge on any atom is 0.460 e. The zero-order chi connectivity index (χ0) is 109. The van der Waals surface area contributed by atoms with Crippen LogP contribution >= 0.6 is 0 Å². The molecule has 0 spiro atoms. The summed E-state index contributed by atoms with van der Waals surface area (Å²) < 4.78 is 753. The molecule has 0 radical (unpaired) electrons. The number of rotatable bonds is 53. The molecule has 0 N–H and O–H groups in total. The van der Waals surface area contributed by atoms with E-state index in [2.05, 4.69) is 0 Å². The molecule has 0 fully saturated rings. The van der Waals surface area contributed by atoms with Gasteiger partial charge in [-0.1, -0.05) is 0 Å². The first kappa shape index (κ1) is 122. The Balaban J connectivity index is 1.71. The van der Waals surface area contributed by atoms with Gasteiger partial charge in [0.05, 0.1) is 103 Å². The van der Waals surface area contributed by atoms with E-state index in [4.69, 9.17) is 37.9 Å². The number of hydrogen-bond donors (Lipinski definition) is 0. The molecule has 3 aromatic rings. The largest absolute Gasteiger partial charge is 0.490 e. The predicted molar refractivity (Wildman–Crippen MR) is 349 cm³/mol. The van der Waals surface area contributed by atoms with Crippen molar-refractivity contribution in [1.29, 1.82) is 10.5 Å². The van der Waals surface area contributed by atoms with Gasteiger partial charge < -0.3 is 37.9 Å². The van der Waals surface area contributed by atoms with Crippen LogP contribution in [0.15, 0.2) is 42.0 Å². The van der Waals surface area contributed by atoms with Crippen molar-refractivity contribution >= 4 is 34.6 Å². The van der Waals surface area contributed by atoms with E-state index in [0.717, 1.165) is 6.07 Å². The summed E-state index contributed by atoms with van der Waals surface area (Å²) in [4.78, 5) is 59.3. The van der Waals surface area contributed by atoms with E-state index in [-0.39, 0.29) is 12.1 Å². The number of non-ortho nitro benzene ring substituents is 1. The molecule has 3 aromatic carbocycles. The molecule has 0 unspecified atom stereocenters. The average molecular weight is 2160 g/mol. The number of nitro groups is 3. The number of alkyl halides is 51. The van der Waals surface area contributed by atoms with Gasteiger partial charge in [0, 0.05) is 48.1 Å². The number of nitriles is 2. The van der Waals surface area contributed by atoms with Crippen LogP contribution in [-0.4, -0.2) is 242 Å². The Hall–Kier alpha value is -10.8. The van der Waals surface area contributed by atoms with Crippen molar-refractivity contribution in [3.8, 4) is 40.5 Å². The molecule has 4 rings (SSSR count). The van der Waals surface area contributed by atoms with E-state index in [1.165, 1.54) is 12.1 Å². The van der Waals surface area contributed by atoms with Crippen LogP contribution in [0.4, 0.5) is 241 Å². The normalized spacial score (nSPS) is 14.7. The number of ether oxygens (including phenoxy) is 8. The van der Waals surface area contributed by atoms with Crippen LogP contribution in [0.1, 0.15) is 89.6 Å². The van der Waals surface area contributed by atoms with Crippen molar-refractivity contribution in [3.63, 3.8) is 0 Å². The van der Waals surface area contributed by atoms with Gasteiger partial charge >= 0.3 is 155 Å². The van der Waals surface area contributed by atoms with Gasteiger partial charge in [0.2, 0.25) is 5.75 Å².